The van der Waals surface area contributed by atoms with Gasteiger partial charge < -0.3 is 15.8 Å². The summed E-state index contributed by atoms with van der Waals surface area (Å²) in [6, 6.07) is 2.16. The molecular formula is C22H34FN5O3. The van der Waals surface area contributed by atoms with Crippen molar-refractivity contribution < 1.29 is 13.9 Å². The molecule has 2 atom stereocenters. The van der Waals surface area contributed by atoms with E-state index in [1.54, 1.807) is 14.0 Å². The number of ether oxygens (including phenoxy) is 1. The van der Waals surface area contributed by atoms with Crippen LogP contribution in [0, 0.1) is 11.7 Å². The summed E-state index contributed by atoms with van der Waals surface area (Å²) in [4.78, 5) is 25.4. The van der Waals surface area contributed by atoms with Crippen LogP contribution >= 0.6 is 0 Å². The number of carbonyl (C=O) groups excluding carboxylic acids is 1. The minimum absolute atomic E-state index is 0.0217. The van der Waals surface area contributed by atoms with Gasteiger partial charge in [0, 0.05) is 31.6 Å². The Hall–Kier alpha value is -2.68. The van der Waals surface area contributed by atoms with Gasteiger partial charge in [-0.25, -0.2) is 9.18 Å². The number of nitrogens with two attached hydrogens (primary N) is 1. The third kappa shape index (κ3) is 5.72. The Morgan fingerprint density at radius 1 is 1.23 bits per heavy atom. The van der Waals surface area contributed by atoms with E-state index >= 15 is 4.39 Å². The molecule has 0 aliphatic heterocycles. The van der Waals surface area contributed by atoms with Crippen LogP contribution in [0.4, 0.5) is 4.39 Å². The fourth-order valence-electron chi connectivity index (χ4n) is 3.38. The van der Waals surface area contributed by atoms with E-state index in [1.807, 2.05) is 20.8 Å². The lowest BCUT2D eigenvalue weighted by molar-refractivity contribution is 0.0933. The maximum atomic E-state index is 15.1. The number of amides is 1. The summed E-state index contributed by atoms with van der Waals surface area (Å²) in [6.07, 6.45) is 0.525. The molecule has 0 saturated heterocycles. The number of hydrogen-bond acceptors (Lipinski definition) is 5. The molecule has 0 bridgehead atoms. The topological polar surface area (TPSA) is 104 Å². The van der Waals surface area contributed by atoms with Crippen LogP contribution in [-0.4, -0.2) is 38.9 Å². The van der Waals surface area contributed by atoms with Crippen molar-refractivity contribution in [3.63, 3.8) is 0 Å². The molecule has 9 heteroatoms. The molecule has 0 aliphatic rings. The maximum Gasteiger partial charge on any atom is 0.350 e. The summed E-state index contributed by atoms with van der Waals surface area (Å²) in [7, 11) is 1.59. The van der Waals surface area contributed by atoms with Crippen LogP contribution in [0.25, 0.3) is 5.69 Å². The Morgan fingerprint density at radius 2 is 1.87 bits per heavy atom. The molecule has 2 aromatic rings. The van der Waals surface area contributed by atoms with Crippen LogP contribution in [0.15, 0.2) is 16.9 Å². The third-order valence-corrected chi connectivity index (χ3v) is 4.91. The molecule has 0 saturated carbocycles. The molecule has 1 amide bonds. The van der Waals surface area contributed by atoms with E-state index in [4.69, 9.17) is 10.5 Å². The Morgan fingerprint density at radius 3 is 2.39 bits per heavy atom. The first-order valence-corrected chi connectivity index (χ1v) is 10.6. The predicted molar refractivity (Wildman–Crippen MR) is 118 cm³/mol. The van der Waals surface area contributed by atoms with Gasteiger partial charge in [-0.2, -0.15) is 4.68 Å². The average molecular weight is 436 g/mol. The van der Waals surface area contributed by atoms with Crippen molar-refractivity contribution >= 4 is 5.91 Å². The number of benzene rings is 1. The first-order chi connectivity index (χ1) is 14.5. The predicted octanol–water partition coefficient (Wildman–Crippen LogP) is 2.72. The Kier molecular flexibility index (Phi) is 8.00. The van der Waals surface area contributed by atoms with E-state index in [0.717, 1.165) is 17.2 Å². The van der Waals surface area contributed by atoms with Gasteiger partial charge in [-0.1, -0.05) is 27.7 Å². The van der Waals surface area contributed by atoms with Crippen LogP contribution in [0.3, 0.4) is 0 Å². The summed E-state index contributed by atoms with van der Waals surface area (Å²) in [5.41, 5.74) is 5.10. The van der Waals surface area contributed by atoms with Gasteiger partial charge in [-0.3, -0.25) is 9.36 Å². The molecule has 172 valence electrons. The number of rotatable bonds is 9. The molecule has 0 radical (unpaired) electrons. The lowest BCUT2D eigenvalue weighted by Gasteiger charge is -2.20. The average Bonchev–Trinajstić information content (AvgIpc) is 2.97. The normalized spacial score (nSPS) is 13.5. The minimum Gasteiger partial charge on any atom is -0.490 e. The molecule has 0 unspecified atom stereocenters. The van der Waals surface area contributed by atoms with Crippen molar-refractivity contribution in [2.45, 2.75) is 66.0 Å². The highest BCUT2D eigenvalue weighted by Crippen LogP contribution is 2.27. The van der Waals surface area contributed by atoms with Crippen LogP contribution in [-0.2, 0) is 7.05 Å². The van der Waals surface area contributed by atoms with Crippen LogP contribution in [0.1, 0.15) is 70.1 Å². The molecule has 3 N–H and O–H groups in total. The summed E-state index contributed by atoms with van der Waals surface area (Å²) < 4.78 is 23.5. The van der Waals surface area contributed by atoms with Crippen molar-refractivity contribution in [1.82, 2.24) is 19.7 Å². The number of nitrogens with one attached hydrogen (secondary N) is 1. The fraction of sp³-hybridized carbons (Fsp3) is 0.591. The fourth-order valence-corrected chi connectivity index (χ4v) is 3.38. The van der Waals surface area contributed by atoms with Crippen molar-refractivity contribution in [2.75, 3.05) is 6.54 Å². The second-order valence-electron chi connectivity index (χ2n) is 8.73. The van der Waals surface area contributed by atoms with Crippen molar-refractivity contribution in [1.29, 1.82) is 0 Å². The molecule has 1 aromatic heterocycles. The number of hydrogen-bond donors (Lipinski definition) is 2. The van der Waals surface area contributed by atoms with Gasteiger partial charge >= 0.3 is 5.69 Å². The van der Waals surface area contributed by atoms with Crippen LogP contribution in [0.2, 0.25) is 0 Å². The van der Waals surface area contributed by atoms with Gasteiger partial charge in [0.25, 0.3) is 5.91 Å². The van der Waals surface area contributed by atoms with E-state index in [1.165, 1.54) is 10.6 Å². The van der Waals surface area contributed by atoms with E-state index in [-0.39, 0.29) is 41.6 Å². The third-order valence-electron chi connectivity index (χ3n) is 4.91. The van der Waals surface area contributed by atoms with Gasteiger partial charge in [0.1, 0.15) is 23.1 Å². The van der Waals surface area contributed by atoms with Crippen LogP contribution in [0.5, 0.6) is 5.75 Å². The van der Waals surface area contributed by atoms with Gasteiger partial charge in [0.15, 0.2) is 0 Å². The zero-order chi connectivity index (χ0) is 23.5. The van der Waals surface area contributed by atoms with Gasteiger partial charge in [-0.15, -0.1) is 5.10 Å². The first-order valence-electron chi connectivity index (χ1n) is 10.6. The maximum absolute atomic E-state index is 15.1. The molecule has 0 fully saturated rings. The summed E-state index contributed by atoms with van der Waals surface area (Å²) >= 11 is 0. The Bertz CT molecular complexity index is 980. The van der Waals surface area contributed by atoms with E-state index < -0.39 is 17.4 Å². The number of carbonyl (C=O) groups is 1. The van der Waals surface area contributed by atoms with Crippen molar-refractivity contribution in [2.24, 2.45) is 18.7 Å². The Balaban J connectivity index is 2.60. The van der Waals surface area contributed by atoms with Crippen molar-refractivity contribution in [3.05, 3.63) is 39.8 Å². The largest absolute Gasteiger partial charge is 0.490 e. The molecule has 1 aromatic carbocycles. The highest BCUT2D eigenvalue weighted by atomic mass is 19.1. The standard InChI is InChI=1S/C22H34FN5O3/c1-12(2)8-15(6)31-19-10-18(28-22(30)27(7)20(26-28)13(3)4)17(23)9-16(19)21(29)25-14(5)11-24/h9-10,12-15H,8,11,24H2,1-7H3,(H,25,29)/t14-,15+/m1/s1. The quantitative estimate of drug-likeness (QED) is 0.630. The highest BCUT2D eigenvalue weighted by molar-refractivity contribution is 5.97. The molecule has 0 aliphatic carbocycles. The zero-order valence-corrected chi connectivity index (χ0v) is 19.4. The van der Waals surface area contributed by atoms with Gasteiger partial charge in [-0.05, 0) is 32.3 Å². The van der Waals surface area contributed by atoms with Gasteiger partial charge in [0.05, 0.1) is 11.7 Å². The second kappa shape index (κ2) is 10.1. The summed E-state index contributed by atoms with van der Waals surface area (Å²) in [5.74, 6) is -0.173. The van der Waals surface area contributed by atoms with Crippen molar-refractivity contribution in [3.8, 4) is 11.4 Å². The monoisotopic (exact) mass is 435 g/mol. The summed E-state index contributed by atoms with van der Waals surface area (Å²) in [5, 5.41) is 7.03. The molecule has 31 heavy (non-hydrogen) atoms. The number of aromatic nitrogens is 3. The highest BCUT2D eigenvalue weighted by Gasteiger charge is 2.23. The summed E-state index contributed by atoms with van der Waals surface area (Å²) in [6.45, 7) is 11.8. The zero-order valence-electron chi connectivity index (χ0n) is 19.4. The van der Waals surface area contributed by atoms with E-state index in [9.17, 15) is 9.59 Å². The van der Waals surface area contributed by atoms with Crippen LogP contribution < -0.4 is 21.5 Å². The lowest BCUT2D eigenvalue weighted by atomic mass is 10.1. The number of halogens is 1. The molecule has 0 spiro atoms. The lowest BCUT2D eigenvalue weighted by Crippen LogP contribution is -2.38. The van der Waals surface area contributed by atoms with E-state index in [2.05, 4.69) is 24.3 Å². The Labute approximate surface area is 182 Å². The second-order valence-corrected chi connectivity index (χ2v) is 8.73. The molecule has 1 heterocycles. The SMILES string of the molecule is CC(C)C[C@H](C)Oc1cc(-n2nc(C(C)C)n(C)c2=O)c(F)cc1C(=O)N[C@H](C)CN. The van der Waals surface area contributed by atoms with E-state index in [0.29, 0.717) is 11.7 Å². The number of nitrogens with zero attached hydrogens (tertiary/aromatic N) is 3. The molecule has 2 rings (SSSR count). The molecular weight excluding hydrogens is 401 g/mol. The first kappa shape index (κ1) is 24.6. The smallest absolute Gasteiger partial charge is 0.350 e. The van der Waals surface area contributed by atoms with Gasteiger partial charge in [0.2, 0.25) is 0 Å². The minimum atomic E-state index is -0.745. The molecule has 8 nitrogen and oxygen atoms in total.